The summed E-state index contributed by atoms with van der Waals surface area (Å²) in [5.74, 6) is 0. The Bertz CT molecular complexity index is 742. The summed E-state index contributed by atoms with van der Waals surface area (Å²) in [7, 11) is 0. The molecule has 0 unspecified atom stereocenters. The Hall–Kier alpha value is -0.680. The maximum Gasteiger partial charge on any atom is 0.150 e. The average Bonchev–Trinajstić information content (AvgIpc) is 2.74. The van der Waals surface area contributed by atoms with E-state index in [2.05, 4.69) is 25.9 Å². The Morgan fingerprint density at radius 1 is 1.11 bits per heavy atom. The first-order valence-electron chi connectivity index (χ1n) is 5.00. The highest BCUT2D eigenvalue weighted by atomic mass is 79.9. The molecule has 0 fully saturated rings. The number of thiophene rings is 1. The minimum atomic E-state index is 0.476. The van der Waals surface area contributed by atoms with E-state index in [0.29, 0.717) is 10.2 Å². The zero-order valence-electron chi connectivity index (χ0n) is 8.82. The fourth-order valence-electron chi connectivity index (χ4n) is 1.65. The first kappa shape index (κ1) is 12.4. The lowest BCUT2D eigenvalue weighted by Gasteiger charge is -2.00. The highest BCUT2D eigenvalue weighted by Crippen LogP contribution is 2.39. The van der Waals surface area contributed by atoms with Gasteiger partial charge in [0.1, 0.15) is 11.5 Å². The van der Waals surface area contributed by atoms with E-state index in [9.17, 15) is 0 Å². The van der Waals surface area contributed by atoms with Crippen LogP contribution in [0.2, 0.25) is 10.2 Å². The van der Waals surface area contributed by atoms with E-state index in [0.717, 1.165) is 25.1 Å². The van der Waals surface area contributed by atoms with E-state index in [4.69, 9.17) is 23.2 Å². The van der Waals surface area contributed by atoms with Crippen LogP contribution in [0.5, 0.6) is 0 Å². The third kappa shape index (κ3) is 2.14. The van der Waals surface area contributed by atoms with Crippen molar-refractivity contribution in [1.82, 2.24) is 9.97 Å². The van der Waals surface area contributed by atoms with Crippen molar-refractivity contribution in [3.63, 3.8) is 0 Å². The van der Waals surface area contributed by atoms with Gasteiger partial charge in [0.05, 0.1) is 15.2 Å². The minimum Gasteiger partial charge on any atom is -0.235 e. The zero-order chi connectivity index (χ0) is 12.7. The van der Waals surface area contributed by atoms with Crippen molar-refractivity contribution in [2.45, 2.75) is 0 Å². The van der Waals surface area contributed by atoms with Crippen LogP contribution in [0.1, 0.15) is 0 Å². The largest absolute Gasteiger partial charge is 0.235 e. The fraction of sp³-hybridized carbons (Fsp3) is 0. The van der Waals surface area contributed by atoms with Gasteiger partial charge in [-0.25, -0.2) is 9.97 Å². The van der Waals surface area contributed by atoms with Crippen LogP contribution in [0.25, 0.3) is 20.7 Å². The molecular formula is C12H5BrCl2N2S. The monoisotopic (exact) mass is 358 g/mol. The van der Waals surface area contributed by atoms with Crippen molar-refractivity contribution in [2.24, 2.45) is 0 Å². The molecule has 0 aliphatic rings. The smallest absolute Gasteiger partial charge is 0.150 e. The second kappa shape index (κ2) is 4.78. The van der Waals surface area contributed by atoms with Crippen LogP contribution < -0.4 is 0 Å². The lowest BCUT2D eigenvalue weighted by atomic mass is 10.2. The summed E-state index contributed by atoms with van der Waals surface area (Å²) in [6.07, 6.45) is 1.46. The summed E-state index contributed by atoms with van der Waals surface area (Å²) in [6.45, 7) is 0. The summed E-state index contributed by atoms with van der Waals surface area (Å²) in [4.78, 5) is 9.21. The van der Waals surface area contributed by atoms with Crippen LogP contribution in [0.15, 0.2) is 35.1 Å². The molecule has 0 bridgehead atoms. The molecule has 2 aromatic heterocycles. The lowest BCUT2D eigenvalue weighted by Crippen LogP contribution is -1.76. The first-order chi connectivity index (χ1) is 8.65. The van der Waals surface area contributed by atoms with Gasteiger partial charge in [0.2, 0.25) is 0 Å². The van der Waals surface area contributed by atoms with Gasteiger partial charge in [-0.1, -0.05) is 45.2 Å². The highest BCUT2D eigenvalue weighted by molar-refractivity contribution is 9.10. The van der Waals surface area contributed by atoms with E-state index in [-0.39, 0.29) is 0 Å². The number of rotatable bonds is 1. The molecule has 0 N–H and O–H groups in total. The summed E-state index contributed by atoms with van der Waals surface area (Å²) in [5, 5.41) is 1.17. The number of halogens is 3. The van der Waals surface area contributed by atoms with Gasteiger partial charge in [-0.05, 0) is 18.2 Å². The molecule has 0 radical (unpaired) electrons. The van der Waals surface area contributed by atoms with Gasteiger partial charge in [0.15, 0.2) is 0 Å². The predicted molar refractivity (Wildman–Crippen MR) is 80.6 cm³/mol. The molecule has 3 rings (SSSR count). The third-order valence-corrected chi connectivity index (χ3v) is 4.83. The third-order valence-electron chi connectivity index (χ3n) is 2.46. The Balaban J connectivity index is 2.23. The van der Waals surface area contributed by atoms with Crippen LogP contribution in [0.3, 0.4) is 0 Å². The van der Waals surface area contributed by atoms with Crippen LogP contribution >= 0.6 is 50.5 Å². The molecule has 0 aliphatic carbocycles. The predicted octanol–water partition coefficient (Wildman–Crippen LogP) is 5.43. The average molecular weight is 360 g/mol. The maximum absolute atomic E-state index is 6.24. The molecule has 90 valence electrons. The molecule has 2 heterocycles. The molecule has 0 spiro atoms. The molecule has 1 aromatic carbocycles. The molecule has 0 aliphatic heterocycles. The Kier molecular flexibility index (Phi) is 3.28. The van der Waals surface area contributed by atoms with Crippen LogP contribution in [0.4, 0.5) is 0 Å². The van der Waals surface area contributed by atoms with Crippen molar-refractivity contribution in [3.05, 3.63) is 45.2 Å². The van der Waals surface area contributed by atoms with E-state index in [1.165, 1.54) is 6.33 Å². The zero-order valence-corrected chi connectivity index (χ0v) is 12.7. The molecular weight excluding hydrogens is 355 g/mol. The number of fused-ring (bicyclic) bond motifs is 1. The lowest BCUT2D eigenvalue weighted by molar-refractivity contribution is 1.23. The SMILES string of the molecule is Clc1cc(Br)ccc1-c1cc2ncnc(Cl)c2s1. The topological polar surface area (TPSA) is 25.8 Å². The molecule has 0 saturated carbocycles. The van der Waals surface area contributed by atoms with Gasteiger partial charge < -0.3 is 0 Å². The first-order valence-corrected chi connectivity index (χ1v) is 7.37. The Morgan fingerprint density at radius 2 is 1.94 bits per heavy atom. The Labute approximate surface area is 126 Å². The molecule has 0 amide bonds. The van der Waals surface area contributed by atoms with Crippen molar-refractivity contribution in [3.8, 4) is 10.4 Å². The van der Waals surface area contributed by atoms with Crippen LogP contribution in [-0.4, -0.2) is 9.97 Å². The molecule has 0 atom stereocenters. The molecule has 2 nitrogen and oxygen atoms in total. The van der Waals surface area contributed by atoms with Gasteiger partial charge in [-0.15, -0.1) is 11.3 Å². The van der Waals surface area contributed by atoms with Crippen molar-refractivity contribution in [2.75, 3.05) is 0 Å². The summed E-state index contributed by atoms with van der Waals surface area (Å²) < 4.78 is 1.84. The van der Waals surface area contributed by atoms with Gasteiger partial charge in [0.25, 0.3) is 0 Å². The van der Waals surface area contributed by atoms with Gasteiger partial charge in [-0.3, -0.25) is 0 Å². The van der Waals surface area contributed by atoms with Gasteiger partial charge >= 0.3 is 0 Å². The van der Waals surface area contributed by atoms with Crippen molar-refractivity contribution >= 4 is 60.7 Å². The van der Waals surface area contributed by atoms with Crippen molar-refractivity contribution < 1.29 is 0 Å². The molecule has 6 heteroatoms. The molecule has 0 saturated heterocycles. The van der Waals surface area contributed by atoms with Gasteiger partial charge in [0, 0.05) is 14.9 Å². The number of hydrogen-bond acceptors (Lipinski definition) is 3. The van der Waals surface area contributed by atoms with Crippen LogP contribution in [-0.2, 0) is 0 Å². The quantitative estimate of drug-likeness (QED) is 0.541. The number of hydrogen-bond donors (Lipinski definition) is 0. The standard InChI is InChI=1S/C12H5BrCl2N2S/c13-6-1-2-7(8(14)3-6)10-4-9-11(18-10)12(15)17-5-16-9/h1-5H. The van der Waals surface area contributed by atoms with E-state index in [1.54, 1.807) is 11.3 Å². The molecule has 18 heavy (non-hydrogen) atoms. The number of nitrogens with zero attached hydrogens (tertiary/aromatic N) is 2. The summed E-state index contributed by atoms with van der Waals surface area (Å²) >= 11 is 17.2. The fourth-order valence-corrected chi connectivity index (χ4v) is 3.77. The van der Waals surface area contributed by atoms with E-state index < -0.39 is 0 Å². The van der Waals surface area contributed by atoms with E-state index in [1.807, 2.05) is 24.3 Å². The summed E-state index contributed by atoms with van der Waals surface area (Å²) in [6, 6.07) is 7.77. The second-order valence-electron chi connectivity index (χ2n) is 3.61. The molecule has 3 aromatic rings. The number of aromatic nitrogens is 2. The highest BCUT2D eigenvalue weighted by Gasteiger charge is 2.11. The Morgan fingerprint density at radius 3 is 2.67 bits per heavy atom. The minimum absolute atomic E-state index is 0.476. The summed E-state index contributed by atoms with van der Waals surface area (Å²) in [5.41, 5.74) is 1.81. The van der Waals surface area contributed by atoms with E-state index >= 15 is 0 Å². The van der Waals surface area contributed by atoms with Crippen molar-refractivity contribution in [1.29, 1.82) is 0 Å². The number of benzene rings is 1. The van der Waals surface area contributed by atoms with Crippen LogP contribution in [0, 0.1) is 0 Å². The normalized spacial score (nSPS) is 11.1. The maximum atomic E-state index is 6.24. The second-order valence-corrected chi connectivity index (χ2v) is 6.35. The van der Waals surface area contributed by atoms with Gasteiger partial charge in [-0.2, -0.15) is 0 Å².